The molecule has 0 aliphatic rings. The Morgan fingerprint density at radius 1 is 1.00 bits per heavy atom. The van der Waals surface area contributed by atoms with Gasteiger partial charge >= 0.3 is 6.01 Å². The van der Waals surface area contributed by atoms with Crippen molar-refractivity contribution in [1.29, 1.82) is 0 Å². The third-order valence-corrected chi connectivity index (χ3v) is 4.91. The molecule has 0 fully saturated rings. The van der Waals surface area contributed by atoms with Crippen LogP contribution in [0.2, 0.25) is 0 Å². The maximum Gasteiger partial charge on any atom is 0.336 e. The lowest BCUT2D eigenvalue weighted by atomic mass is 10.1. The van der Waals surface area contributed by atoms with Gasteiger partial charge in [0.05, 0.1) is 12.3 Å². The number of aryl methyl sites for hydroxylation is 2. The summed E-state index contributed by atoms with van der Waals surface area (Å²) >= 11 is 0. The van der Waals surface area contributed by atoms with Crippen molar-refractivity contribution in [3.05, 3.63) is 89.5 Å². The van der Waals surface area contributed by atoms with Gasteiger partial charge in [0.15, 0.2) is 5.82 Å². The molecule has 6 nitrogen and oxygen atoms in total. The van der Waals surface area contributed by atoms with Gasteiger partial charge in [-0.1, -0.05) is 48.0 Å². The molecule has 3 aromatic carbocycles. The van der Waals surface area contributed by atoms with Crippen LogP contribution >= 0.6 is 0 Å². The van der Waals surface area contributed by atoms with Crippen molar-refractivity contribution in [1.82, 2.24) is 14.8 Å². The van der Waals surface area contributed by atoms with E-state index >= 15 is 0 Å². The molecule has 0 unspecified atom stereocenters. The lowest BCUT2D eigenvalue weighted by Gasteiger charge is -2.10. The van der Waals surface area contributed by atoms with Gasteiger partial charge in [-0.15, -0.1) is 5.10 Å². The van der Waals surface area contributed by atoms with Gasteiger partial charge in [-0.05, 0) is 56.7 Å². The number of hydrogen-bond donors (Lipinski definition) is 1. The monoisotopic (exact) mass is 412 g/mol. The van der Waals surface area contributed by atoms with Crippen molar-refractivity contribution < 1.29 is 9.53 Å². The molecular formula is C25H24N4O2. The van der Waals surface area contributed by atoms with Crippen LogP contribution in [0.1, 0.15) is 28.4 Å². The summed E-state index contributed by atoms with van der Waals surface area (Å²) < 4.78 is 7.30. The van der Waals surface area contributed by atoms with Crippen LogP contribution < -0.4 is 10.1 Å². The zero-order valence-electron chi connectivity index (χ0n) is 17.8. The van der Waals surface area contributed by atoms with Gasteiger partial charge in [-0.2, -0.15) is 4.98 Å². The lowest BCUT2D eigenvalue weighted by Crippen LogP contribution is -2.12. The molecular weight excluding hydrogens is 388 g/mol. The first-order valence-electron chi connectivity index (χ1n) is 10.2. The Balaban J connectivity index is 1.69. The number of anilines is 1. The molecule has 6 heteroatoms. The van der Waals surface area contributed by atoms with Crippen LogP contribution in [0.4, 0.5) is 5.69 Å². The third-order valence-electron chi connectivity index (χ3n) is 4.91. The van der Waals surface area contributed by atoms with Crippen LogP contribution in [-0.4, -0.2) is 27.3 Å². The first-order chi connectivity index (χ1) is 15.0. The van der Waals surface area contributed by atoms with E-state index < -0.39 is 0 Å². The number of hydrogen-bond acceptors (Lipinski definition) is 4. The first-order valence-corrected chi connectivity index (χ1v) is 10.2. The average molecular weight is 412 g/mol. The Labute approximate surface area is 181 Å². The van der Waals surface area contributed by atoms with E-state index in [9.17, 15) is 4.79 Å². The molecule has 0 saturated heterocycles. The minimum Gasteiger partial charge on any atom is -0.463 e. The van der Waals surface area contributed by atoms with Crippen LogP contribution in [0, 0.1) is 13.8 Å². The predicted octanol–water partition coefficient (Wildman–Crippen LogP) is 5.20. The molecule has 0 aliphatic heterocycles. The predicted molar refractivity (Wildman–Crippen MR) is 122 cm³/mol. The molecule has 1 N–H and O–H groups in total. The zero-order valence-corrected chi connectivity index (χ0v) is 17.8. The van der Waals surface area contributed by atoms with Gasteiger partial charge in [-0.3, -0.25) is 4.79 Å². The molecule has 1 aromatic heterocycles. The fourth-order valence-electron chi connectivity index (χ4n) is 3.29. The lowest BCUT2D eigenvalue weighted by molar-refractivity contribution is 0.102. The first kappa shape index (κ1) is 20.3. The summed E-state index contributed by atoms with van der Waals surface area (Å²) in [6.45, 7) is 6.40. The minimum absolute atomic E-state index is 0.162. The molecule has 0 spiro atoms. The summed E-state index contributed by atoms with van der Waals surface area (Å²) in [5, 5.41) is 7.51. The minimum atomic E-state index is -0.162. The largest absolute Gasteiger partial charge is 0.463 e. The summed E-state index contributed by atoms with van der Waals surface area (Å²) in [7, 11) is 0. The second-order valence-corrected chi connectivity index (χ2v) is 7.25. The fraction of sp³-hybridized carbons (Fsp3) is 0.160. The summed E-state index contributed by atoms with van der Waals surface area (Å²) in [5.74, 6) is 0.522. The second-order valence-electron chi connectivity index (χ2n) is 7.25. The van der Waals surface area contributed by atoms with E-state index in [2.05, 4.69) is 15.4 Å². The van der Waals surface area contributed by atoms with Crippen LogP contribution in [0.5, 0.6) is 6.01 Å². The molecule has 4 aromatic rings. The van der Waals surface area contributed by atoms with E-state index in [1.807, 2.05) is 93.6 Å². The molecule has 0 aliphatic carbocycles. The smallest absolute Gasteiger partial charge is 0.336 e. The van der Waals surface area contributed by atoms with Crippen molar-refractivity contribution in [2.75, 3.05) is 11.9 Å². The van der Waals surface area contributed by atoms with Crippen LogP contribution in [0.15, 0.2) is 72.8 Å². The number of benzene rings is 3. The van der Waals surface area contributed by atoms with Crippen molar-refractivity contribution >= 4 is 11.6 Å². The Morgan fingerprint density at radius 3 is 2.52 bits per heavy atom. The van der Waals surface area contributed by atoms with Crippen molar-refractivity contribution in [3.8, 4) is 23.1 Å². The molecule has 0 saturated carbocycles. The topological polar surface area (TPSA) is 69.0 Å². The summed E-state index contributed by atoms with van der Waals surface area (Å²) in [5.41, 5.74) is 5.22. The van der Waals surface area contributed by atoms with Gasteiger partial charge in [0.2, 0.25) is 0 Å². The van der Waals surface area contributed by atoms with Crippen LogP contribution in [0.3, 0.4) is 0 Å². The number of rotatable bonds is 6. The van der Waals surface area contributed by atoms with Gasteiger partial charge in [-0.25, -0.2) is 4.68 Å². The number of ether oxygens (including phenoxy) is 1. The summed E-state index contributed by atoms with van der Waals surface area (Å²) in [6.07, 6.45) is 0. The highest BCUT2D eigenvalue weighted by Crippen LogP contribution is 2.27. The number of nitrogens with one attached hydrogen (secondary N) is 1. The highest BCUT2D eigenvalue weighted by atomic mass is 16.5. The van der Waals surface area contributed by atoms with E-state index in [1.54, 1.807) is 4.68 Å². The Kier molecular flexibility index (Phi) is 5.80. The molecule has 0 atom stereocenters. The highest BCUT2D eigenvalue weighted by Gasteiger charge is 2.16. The molecule has 0 radical (unpaired) electrons. The number of amides is 1. The van der Waals surface area contributed by atoms with Crippen molar-refractivity contribution in [2.45, 2.75) is 20.8 Å². The van der Waals surface area contributed by atoms with Gasteiger partial charge in [0.25, 0.3) is 5.91 Å². The third kappa shape index (κ3) is 4.48. The van der Waals surface area contributed by atoms with Crippen molar-refractivity contribution in [2.24, 2.45) is 0 Å². The summed E-state index contributed by atoms with van der Waals surface area (Å²) in [6, 6.07) is 23.3. The molecule has 4 rings (SSSR count). The number of aromatic nitrogens is 3. The normalized spacial score (nSPS) is 10.7. The second kappa shape index (κ2) is 8.83. The van der Waals surface area contributed by atoms with Crippen LogP contribution in [0.25, 0.3) is 17.1 Å². The maximum atomic E-state index is 12.6. The van der Waals surface area contributed by atoms with E-state index in [0.717, 1.165) is 22.4 Å². The summed E-state index contributed by atoms with van der Waals surface area (Å²) in [4.78, 5) is 17.2. The van der Waals surface area contributed by atoms with Gasteiger partial charge in [0.1, 0.15) is 0 Å². The molecule has 31 heavy (non-hydrogen) atoms. The number of nitrogens with zero attached hydrogens (tertiary/aromatic N) is 3. The standard InChI is InChI=1S/C25H24N4O2/c1-4-31-25-27-23(22-11-6-5-8-18(22)3)29(28-25)21-10-7-9-20(16-21)26-24(30)19-14-12-17(2)13-15-19/h5-16H,4H2,1-3H3,(H,26,30). The molecule has 1 amide bonds. The number of carbonyl (C=O) groups excluding carboxylic acids is 1. The quantitative estimate of drug-likeness (QED) is 0.472. The Hall–Kier alpha value is -3.93. The average Bonchev–Trinajstić information content (AvgIpc) is 3.19. The fourth-order valence-corrected chi connectivity index (χ4v) is 3.29. The van der Waals surface area contributed by atoms with Gasteiger partial charge in [0, 0.05) is 16.8 Å². The van der Waals surface area contributed by atoms with E-state index in [0.29, 0.717) is 29.7 Å². The zero-order chi connectivity index (χ0) is 21.8. The van der Waals surface area contributed by atoms with E-state index in [4.69, 9.17) is 4.74 Å². The molecule has 0 bridgehead atoms. The van der Waals surface area contributed by atoms with Gasteiger partial charge < -0.3 is 10.1 Å². The highest BCUT2D eigenvalue weighted by molar-refractivity contribution is 6.04. The van der Waals surface area contributed by atoms with Crippen LogP contribution in [-0.2, 0) is 0 Å². The van der Waals surface area contributed by atoms with E-state index in [-0.39, 0.29) is 5.91 Å². The Morgan fingerprint density at radius 2 is 1.77 bits per heavy atom. The van der Waals surface area contributed by atoms with Crippen molar-refractivity contribution in [3.63, 3.8) is 0 Å². The number of carbonyl (C=O) groups is 1. The molecule has 156 valence electrons. The Bertz CT molecular complexity index is 1210. The van der Waals surface area contributed by atoms with E-state index in [1.165, 1.54) is 0 Å². The maximum absolute atomic E-state index is 12.6. The SMILES string of the molecule is CCOc1nc(-c2ccccc2C)n(-c2cccc(NC(=O)c3ccc(C)cc3)c2)n1. The molecule has 1 heterocycles.